The van der Waals surface area contributed by atoms with Gasteiger partial charge >= 0.3 is 0 Å². The van der Waals surface area contributed by atoms with Crippen LogP contribution in [-0.2, 0) is 0 Å². The minimum absolute atomic E-state index is 0.0696. The van der Waals surface area contributed by atoms with Crippen LogP contribution in [0.25, 0.3) is 20.9 Å². The molecule has 0 aromatic rings. The molecule has 0 atom stereocenters. The molecule has 14 heavy (non-hydrogen) atoms. The highest BCUT2D eigenvalue weighted by atomic mass is 16.3. The van der Waals surface area contributed by atoms with Crippen LogP contribution in [-0.4, -0.2) is 18.6 Å². The Bertz CT molecular complexity index is 256. The van der Waals surface area contributed by atoms with E-state index in [1.807, 2.05) is 6.92 Å². The summed E-state index contributed by atoms with van der Waals surface area (Å²) >= 11 is 0. The molecule has 8 nitrogen and oxygen atoms in total. The van der Waals surface area contributed by atoms with Crippen molar-refractivity contribution in [2.75, 3.05) is 13.1 Å². The first-order valence-electron chi connectivity index (χ1n) is 4.11. The second kappa shape index (κ2) is 6.71. The second-order valence-electron chi connectivity index (χ2n) is 2.84. The van der Waals surface area contributed by atoms with Crippen molar-refractivity contribution < 1.29 is 0 Å². The molecule has 0 heterocycles. The summed E-state index contributed by atoms with van der Waals surface area (Å²) in [5.41, 5.74) is 15.2. The zero-order valence-electron chi connectivity index (χ0n) is 7.87. The Labute approximate surface area is 80.5 Å². The van der Waals surface area contributed by atoms with Gasteiger partial charge in [-0.25, -0.2) is 0 Å². The molecule has 0 rings (SSSR count). The highest BCUT2D eigenvalue weighted by Crippen LogP contribution is 2.19. The molecule has 76 valence electrons. The van der Waals surface area contributed by atoms with Crippen molar-refractivity contribution in [2.45, 2.75) is 25.3 Å². The van der Waals surface area contributed by atoms with Crippen molar-refractivity contribution in [1.29, 1.82) is 0 Å². The minimum Gasteiger partial charge on any atom is -0.150 e. The zero-order chi connectivity index (χ0) is 10.9. The maximum atomic E-state index is 10.6. The monoisotopic (exact) mass is 197 g/mol. The summed E-state index contributed by atoms with van der Waals surface area (Å²) in [7, 11) is 0. The van der Waals surface area contributed by atoms with Crippen LogP contribution in [0.3, 0.4) is 0 Å². The maximum absolute atomic E-state index is 10.6. The van der Waals surface area contributed by atoms with Gasteiger partial charge in [-0.1, -0.05) is 28.7 Å². The van der Waals surface area contributed by atoms with Gasteiger partial charge in [0.05, 0.1) is 13.1 Å². The average Bonchev–Trinajstić information content (AvgIpc) is 2.22. The summed E-state index contributed by atoms with van der Waals surface area (Å²) in [4.78, 5) is 15.7. The van der Waals surface area contributed by atoms with Crippen LogP contribution in [0, 0.1) is 4.91 Å². The number of nitroso groups, excluding NO2 is 1. The van der Waals surface area contributed by atoms with Crippen LogP contribution in [0.1, 0.15) is 19.8 Å². The van der Waals surface area contributed by atoms with Crippen molar-refractivity contribution in [3.05, 3.63) is 25.8 Å². The lowest BCUT2D eigenvalue weighted by molar-refractivity contribution is 0.408. The van der Waals surface area contributed by atoms with Gasteiger partial charge in [0.25, 0.3) is 0 Å². The Kier molecular flexibility index (Phi) is 5.85. The van der Waals surface area contributed by atoms with Gasteiger partial charge in [0.15, 0.2) is 0 Å². The molecule has 8 heteroatoms. The summed E-state index contributed by atoms with van der Waals surface area (Å²) in [5, 5.41) is 9.48. The van der Waals surface area contributed by atoms with Crippen molar-refractivity contribution in [3.63, 3.8) is 0 Å². The lowest BCUT2D eigenvalue weighted by Gasteiger charge is -2.20. The Morgan fingerprint density at radius 3 is 2.00 bits per heavy atom. The fourth-order valence-corrected chi connectivity index (χ4v) is 1.10. The van der Waals surface area contributed by atoms with Gasteiger partial charge in [-0.05, 0) is 17.5 Å². The molecule has 0 fully saturated rings. The van der Waals surface area contributed by atoms with E-state index in [2.05, 4.69) is 25.2 Å². The predicted octanol–water partition coefficient (Wildman–Crippen LogP) is 2.91. The van der Waals surface area contributed by atoms with Gasteiger partial charge in [0, 0.05) is 9.82 Å². The van der Waals surface area contributed by atoms with Crippen LogP contribution >= 0.6 is 0 Å². The fourth-order valence-electron chi connectivity index (χ4n) is 1.10. The van der Waals surface area contributed by atoms with Crippen molar-refractivity contribution in [1.82, 2.24) is 0 Å². The molecule has 0 saturated heterocycles. The first kappa shape index (κ1) is 12.2. The van der Waals surface area contributed by atoms with E-state index in [-0.39, 0.29) is 13.1 Å². The molecule has 0 aliphatic rings. The molecule has 0 aromatic carbocycles. The minimum atomic E-state index is -1.08. The summed E-state index contributed by atoms with van der Waals surface area (Å²) in [6.07, 6.45) is 1.14. The van der Waals surface area contributed by atoms with Crippen LogP contribution in [0.4, 0.5) is 0 Å². The van der Waals surface area contributed by atoms with Crippen molar-refractivity contribution >= 4 is 0 Å². The van der Waals surface area contributed by atoms with E-state index >= 15 is 0 Å². The summed E-state index contributed by atoms with van der Waals surface area (Å²) < 4.78 is 0. The Morgan fingerprint density at radius 1 is 1.21 bits per heavy atom. The van der Waals surface area contributed by atoms with E-state index in [1.165, 1.54) is 0 Å². The molecule has 0 N–H and O–H groups in total. The highest BCUT2D eigenvalue weighted by molar-refractivity contribution is 4.92. The van der Waals surface area contributed by atoms with Crippen molar-refractivity contribution in [3.8, 4) is 0 Å². The smallest absolute Gasteiger partial charge is 0.114 e. The van der Waals surface area contributed by atoms with Crippen LogP contribution in [0.15, 0.2) is 15.4 Å². The molecule has 0 aliphatic heterocycles. The SMILES string of the molecule is CCCC(CN=[N+]=[N-])(CN=[N+]=[N-])N=O. The van der Waals surface area contributed by atoms with E-state index in [4.69, 9.17) is 11.1 Å². The standard InChI is InChI=1S/C6H11N7O/c1-2-3-6(11-14,4-9-12-7)5-10-13-8/h2-5H2,1H3. The van der Waals surface area contributed by atoms with Gasteiger partial charge in [-0.2, -0.15) is 4.91 Å². The Balaban J connectivity index is 4.64. The van der Waals surface area contributed by atoms with Gasteiger partial charge in [0.2, 0.25) is 0 Å². The lowest BCUT2D eigenvalue weighted by Crippen LogP contribution is -2.33. The van der Waals surface area contributed by atoms with E-state index in [1.54, 1.807) is 0 Å². The molecule has 0 bridgehead atoms. The lowest BCUT2D eigenvalue weighted by atomic mass is 9.95. The quantitative estimate of drug-likeness (QED) is 0.264. The van der Waals surface area contributed by atoms with Gasteiger partial charge < -0.3 is 0 Å². The molecule has 0 aliphatic carbocycles. The number of hydrogen-bond donors (Lipinski definition) is 0. The zero-order valence-corrected chi connectivity index (χ0v) is 7.87. The molecule has 0 aromatic heterocycles. The van der Waals surface area contributed by atoms with Crippen molar-refractivity contribution in [2.24, 2.45) is 15.4 Å². The number of azide groups is 2. The summed E-state index contributed by atoms with van der Waals surface area (Å²) in [6.45, 7) is 1.73. The van der Waals surface area contributed by atoms with E-state index in [0.29, 0.717) is 12.8 Å². The third kappa shape index (κ3) is 3.75. The molecule has 0 saturated carbocycles. The first-order chi connectivity index (χ1) is 6.74. The number of nitrogens with zero attached hydrogens (tertiary/aromatic N) is 7. The van der Waals surface area contributed by atoms with Crippen LogP contribution in [0.5, 0.6) is 0 Å². The highest BCUT2D eigenvalue weighted by Gasteiger charge is 2.29. The average molecular weight is 197 g/mol. The molecule has 0 amide bonds. The largest absolute Gasteiger partial charge is 0.150 e. The van der Waals surface area contributed by atoms with E-state index < -0.39 is 5.54 Å². The third-order valence-corrected chi connectivity index (χ3v) is 1.77. The number of hydrogen-bond acceptors (Lipinski definition) is 4. The Hall–Kier alpha value is -1.78. The normalized spacial score (nSPS) is 13.2. The molecular formula is C6H11N7O. The third-order valence-electron chi connectivity index (χ3n) is 1.77. The summed E-state index contributed by atoms with van der Waals surface area (Å²) in [6, 6.07) is 0. The van der Waals surface area contributed by atoms with E-state index in [0.717, 1.165) is 0 Å². The van der Waals surface area contributed by atoms with Crippen LogP contribution < -0.4 is 0 Å². The molecule has 0 unspecified atom stereocenters. The van der Waals surface area contributed by atoms with E-state index in [9.17, 15) is 4.91 Å². The maximum Gasteiger partial charge on any atom is 0.114 e. The predicted molar refractivity (Wildman–Crippen MR) is 51.5 cm³/mol. The molecular weight excluding hydrogens is 186 g/mol. The van der Waals surface area contributed by atoms with Gasteiger partial charge in [-0.3, -0.25) is 0 Å². The van der Waals surface area contributed by atoms with Gasteiger partial charge in [-0.15, -0.1) is 0 Å². The first-order valence-corrected chi connectivity index (χ1v) is 4.11. The topological polar surface area (TPSA) is 127 Å². The molecule has 0 spiro atoms. The number of rotatable bonds is 7. The summed E-state index contributed by atoms with van der Waals surface area (Å²) in [5.74, 6) is 0. The molecule has 0 radical (unpaired) electrons. The van der Waals surface area contributed by atoms with Gasteiger partial charge in [0.1, 0.15) is 5.54 Å². The Morgan fingerprint density at radius 2 is 1.71 bits per heavy atom. The van der Waals surface area contributed by atoms with Crippen LogP contribution in [0.2, 0.25) is 0 Å². The second-order valence-corrected chi connectivity index (χ2v) is 2.84. The fraction of sp³-hybridized carbons (Fsp3) is 1.00.